The van der Waals surface area contributed by atoms with Crippen molar-refractivity contribution in [1.29, 1.82) is 0 Å². The Hall–Kier alpha value is -4.53. The fourth-order valence-electron chi connectivity index (χ4n) is 6.01. The number of piperidine rings is 1. The van der Waals surface area contributed by atoms with Crippen molar-refractivity contribution in [3.05, 3.63) is 88.3 Å². The lowest BCUT2D eigenvalue weighted by Crippen LogP contribution is -2.42. The summed E-state index contributed by atoms with van der Waals surface area (Å²) >= 11 is 0. The molecular formula is C32H34N6O3. The summed E-state index contributed by atoms with van der Waals surface area (Å²) < 4.78 is 1.77. The molecule has 2 aromatic carbocycles. The van der Waals surface area contributed by atoms with E-state index in [4.69, 9.17) is 4.98 Å². The van der Waals surface area contributed by atoms with Gasteiger partial charge in [0, 0.05) is 61.9 Å². The number of hydrogen-bond donors (Lipinski definition) is 1. The molecule has 1 N–H and O–H groups in total. The van der Waals surface area contributed by atoms with Gasteiger partial charge < -0.3 is 15.1 Å². The predicted molar refractivity (Wildman–Crippen MR) is 159 cm³/mol. The lowest BCUT2D eigenvalue weighted by molar-refractivity contribution is -0.127. The molecular weight excluding hydrogens is 516 g/mol. The van der Waals surface area contributed by atoms with Gasteiger partial charge in [-0.05, 0) is 55.5 Å². The zero-order valence-corrected chi connectivity index (χ0v) is 23.4. The van der Waals surface area contributed by atoms with E-state index >= 15 is 0 Å². The Morgan fingerprint density at radius 3 is 2.32 bits per heavy atom. The van der Waals surface area contributed by atoms with Crippen LogP contribution in [-0.4, -0.2) is 68.4 Å². The highest BCUT2D eigenvalue weighted by Crippen LogP contribution is 2.29. The molecule has 0 radical (unpaired) electrons. The molecule has 2 aliphatic heterocycles. The number of aromatic nitrogens is 3. The summed E-state index contributed by atoms with van der Waals surface area (Å²) in [5.41, 5.74) is 3.67. The molecule has 9 heteroatoms. The van der Waals surface area contributed by atoms with Gasteiger partial charge in [-0.1, -0.05) is 42.5 Å². The van der Waals surface area contributed by atoms with Gasteiger partial charge in [-0.3, -0.25) is 19.0 Å². The standard InChI is InChI=1S/C32H34N6O3/c1-21-8-6-7-11-27(21)28-18-24-19-33-32(35-29(24)38(31(28)41)26-14-17-37(20-26)22(2)39)34-25-12-15-36(16-13-25)30(40)23-9-4-3-5-10-23/h3-11,18-19,25-26H,12-17,20H2,1-2H3,(H,33,34,35)/t26-/m1/s1. The van der Waals surface area contributed by atoms with Gasteiger partial charge in [0.2, 0.25) is 11.9 Å². The molecule has 210 valence electrons. The first-order chi connectivity index (χ1) is 19.9. The van der Waals surface area contributed by atoms with Gasteiger partial charge in [-0.25, -0.2) is 4.98 Å². The summed E-state index contributed by atoms with van der Waals surface area (Å²) in [5.74, 6) is 0.521. The van der Waals surface area contributed by atoms with Gasteiger partial charge in [0.05, 0.1) is 6.04 Å². The third kappa shape index (κ3) is 5.31. The van der Waals surface area contributed by atoms with Gasteiger partial charge in [0.15, 0.2) is 0 Å². The van der Waals surface area contributed by atoms with Crippen LogP contribution in [-0.2, 0) is 4.79 Å². The first-order valence-electron chi connectivity index (χ1n) is 14.2. The first kappa shape index (κ1) is 26.7. The fraction of sp³-hybridized carbons (Fsp3) is 0.344. The van der Waals surface area contributed by atoms with E-state index in [0.717, 1.165) is 29.4 Å². The largest absolute Gasteiger partial charge is 0.351 e. The maximum atomic E-state index is 14.1. The van der Waals surface area contributed by atoms with Crippen molar-refractivity contribution < 1.29 is 9.59 Å². The van der Waals surface area contributed by atoms with E-state index in [9.17, 15) is 14.4 Å². The third-order valence-electron chi connectivity index (χ3n) is 8.32. The Morgan fingerprint density at radius 1 is 0.902 bits per heavy atom. The van der Waals surface area contributed by atoms with Crippen LogP contribution in [0.15, 0.2) is 71.7 Å². The Morgan fingerprint density at radius 2 is 1.61 bits per heavy atom. The number of aryl methyl sites for hydroxylation is 1. The van der Waals surface area contributed by atoms with E-state index in [2.05, 4.69) is 10.3 Å². The Bertz CT molecular complexity index is 1660. The molecule has 1 atom stereocenters. The smallest absolute Gasteiger partial charge is 0.260 e. The molecule has 2 fully saturated rings. The average molecular weight is 551 g/mol. The van der Waals surface area contributed by atoms with Crippen LogP contribution in [0.25, 0.3) is 22.2 Å². The number of benzene rings is 2. The van der Waals surface area contributed by atoms with Gasteiger partial charge in [0.25, 0.3) is 11.5 Å². The number of nitrogens with zero attached hydrogens (tertiary/aromatic N) is 5. The number of nitrogens with one attached hydrogen (secondary N) is 1. The summed E-state index contributed by atoms with van der Waals surface area (Å²) in [7, 11) is 0. The van der Waals surface area contributed by atoms with E-state index in [1.807, 2.05) is 72.5 Å². The van der Waals surface area contributed by atoms with Crippen LogP contribution in [0, 0.1) is 6.92 Å². The average Bonchev–Trinajstić information content (AvgIpc) is 3.48. The zero-order valence-electron chi connectivity index (χ0n) is 23.4. The molecule has 0 unspecified atom stereocenters. The van der Waals surface area contributed by atoms with Crippen molar-refractivity contribution in [2.75, 3.05) is 31.5 Å². The SMILES string of the molecule is CC(=O)N1CC[C@@H](n2c(=O)c(-c3ccccc3C)cc3cnc(NC4CCN(C(=O)c5ccccc5)CC4)nc32)C1. The van der Waals surface area contributed by atoms with Crippen LogP contribution in [0.1, 0.15) is 48.1 Å². The molecule has 0 bridgehead atoms. The second-order valence-corrected chi connectivity index (χ2v) is 11.0. The van der Waals surface area contributed by atoms with Crippen LogP contribution >= 0.6 is 0 Å². The van der Waals surface area contributed by atoms with Crippen molar-refractivity contribution in [3.63, 3.8) is 0 Å². The normalized spacial score (nSPS) is 17.7. The summed E-state index contributed by atoms with van der Waals surface area (Å²) in [6.07, 6.45) is 4.00. The molecule has 9 nitrogen and oxygen atoms in total. The number of fused-ring (bicyclic) bond motifs is 1. The van der Waals surface area contributed by atoms with Gasteiger partial charge in [0.1, 0.15) is 5.65 Å². The molecule has 0 saturated carbocycles. The number of likely N-dealkylation sites (tertiary alicyclic amines) is 2. The van der Waals surface area contributed by atoms with Crippen molar-refractivity contribution in [2.45, 2.75) is 45.2 Å². The van der Waals surface area contributed by atoms with Crippen LogP contribution < -0.4 is 10.9 Å². The molecule has 4 aromatic rings. The summed E-state index contributed by atoms with van der Waals surface area (Å²) in [4.78, 5) is 52.2. The highest BCUT2D eigenvalue weighted by atomic mass is 16.2. The monoisotopic (exact) mass is 550 g/mol. The van der Waals surface area contributed by atoms with E-state index in [1.165, 1.54) is 0 Å². The Labute approximate surface area is 238 Å². The number of pyridine rings is 1. The summed E-state index contributed by atoms with van der Waals surface area (Å²) in [6.45, 7) is 5.94. The Balaban J connectivity index is 1.29. The number of anilines is 1. The number of carbonyl (C=O) groups is 2. The second-order valence-electron chi connectivity index (χ2n) is 11.0. The molecule has 2 amide bonds. The molecule has 0 aliphatic carbocycles. The number of hydrogen-bond acceptors (Lipinski definition) is 6. The summed E-state index contributed by atoms with van der Waals surface area (Å²) in [6, 6.07) is 19.0. The minimum absolute atomic E-state index is 0.00832. The van der Waals surface area contributed by atoms with E-state index in [0.29, 0.717) is 55.3 Å². The minimum Gasteiger partial charge on any atom is -0.351 e. The highest BCUT2D eigenvalue weighted by molar-refractivity contribution is 5.94. The number of rotatable bonds is 5. The quantitative estimate of drug-likeness (QED) is 0.398. The van der Waals surface area contributed by atoms with Crippen molar-refractivity contribution in [3.8, 4) is 11.1 Å². The zero-order chi connectivity index (χ0) is 28.5. The maximum absolute atomic E-state index is 14.1. The van der Waals surface area contributed by atoms with Gasteiger partial charge >= 0.3 is 0 Å². The molecule has 4 heterocycles. The van der Waals surface area contributed by atoms with Crippen molar-refractivity contribution in [1.82, 2.24) is 24.3 Å². The van der Waals surface area contributed by atoms with Crippen LogP contribution in [0.3, 0.4) is 0 Å². The maximum Gasteiger partial charge on any atom is 0.260 e. The summed E-state index contributed by atoms with van der Waals surface area (Å²) in [5, 5.41) is 4.23. The molecule has 2 saturated heterocycles. The Kier molecular flexibility index (Phi) is 7.26. The first-order valence-corrected chi connectivity index (χ1v) is 14.2. The van der Waals surface area contributed by atoms with E-state index in [1.54, 1.807) is 22.6 Å². The molecule has 2 aromatic heterocycles. The van der Waals surface area contributed by atoms with Crippen LogP contribution in [0.2, 0.25) is 0 Å². The number of carbonyl (C=O) groups excluding carboxylic acids is 2. The van der Waals surface area contributed by atoms with E-state index in [-0.39, 0.29) is 29.5 Å². The lowest BCUT2D eigenvalue weighted by atomic mass is 10.0. The van der Waals surface area contributed by atoms with Crippen LogP contribution in [0.4, 0.5) is 5.95 Å². The van der Waals surface area contributed by atoms with Crippen LogP contribution in [0.5, 0.6) is 0 Å². The topological polar surface area (TPSA) is 100 Å². The van der Waals surface area contributed by atoms with Gasteiger partial charge in [-0.15, -0.1) is 0 Å². The lowest BCUT2D eigenvalue weighted by Gasteiger charge is -2.32. The molecule has 0 spiro atoms. The predicted octanol–water partition coefficient (Wildman–Crippen LogP) is 4.28. The second kappa shape index (κ2) is 11.2. The third-order valence-corrected chi connectivity index (χ3v) is 8.32. The molecule has 41 heavy (non-hydrogen) atoms. The number of amides is 2. The van der Waals surface area contributed by atoms with Crippen molar-refractivity contribution in [2.24, 2.45) is 0 Å². The minimum atomic E-state index is -0.173. The van der Waals surface area contributed by atoms with E-state index < -0.39 is 0 Å². The highest BCUT2D eigenvalue weighted by Gasteiger charge is 2.29. The molecule has 6 rings (SSSR count). The fourth-order valence-corrected chi connectivity index (χ4v) is 6.01. The van der Waals surface area contributed by atoms with Gasteiger partial charge in [-0.2, -0.15) is 4.98 Å². The molecule has 2 aliphatic rings. The van der Waals surface area contributed by atoms with Crippen molar-refractivity contribution >= 4 is 28.8 Å².